The Morgan fingerprint density at radius 3 is 2.88 bits per heavy atom. The second-order valence-electron chi connectivity index (χ2n) is 6.54. The predicted octanol–water partition coefficient (Wildman–Crippen LogP) is 2.13. The second kappa shape index (κ2) is 6.63. The van der Waals surface area contributed by atoms with E-state index in [1.807, 2.05) is 30.3 Å². The molecule has 2 aromatic carbocycles. The molecule has 0 bridgehead atoms. The number of ether oxygens (including phenoxy) is 1. The van der Waals surface area contributed by atoms with Crippen LogP contribution in [-0.4, -0.2) is 34.4 Å². The monoisotopic (exact) mass is 349 g/mol. The Kier molecular flexibility index (Phi) is 4.16. The van der Waals surface area contributed by atoms with Gasteiger partial charge in [-0.1, -0.05) is 30.3 Å². The molecule has 1 aliphatic rings. The molecule has 1 atom stereocenters. The van der Waals surface area contributed by atoms with Gasteiger partial charge >= 0.3 is 0 Å². The first-order valence-electron chi connectivity index (χ1n) is 8.55. The summed E-state index contributed by atoms with van der Waals surface area (Å²) in [5.74, 6) is 1.07. The molecule has 26 heavy (non-hydrogen) atoms. The highest BCUT2D eigenvalue weighted by molar-refractivity contribution is 5.80. The van der Waals surface area contributed by atoms with Gasteiger partial charge in [0.2, 0.25) is 5.91 Å². The number of carbonyl (C=O) groups excluding carboxylic acids is 1. The van der Waals surface area contributed by atoms with E-state index >= 15 is 0 Å². The van der Waals surface area contributed by atoms with Crippen LogP contribution in [0.2, 0.25) is 0 Å². The maximum Gasteiger partial charge on any atom is 0.258 e. The second-order valence-corrected chi connectivity index (χ2v) is 6.54. The number of H-pyrrole nitrogens is 1. The zero-order chi connectivity index (χ0) is 18.1. The zero-order valence-corrected chi connectivity index (χ0v) is 14.4. The van der Waals surface area contributed by atoms with Crippen molar-refractivity contribution in [3.63, 3.8) is 0 Å². The molecule has 6 nitrogen and oxygen atoms in total. The molecule has 0 radical (unpaired) electrons. The van der Waals surface area contributed by atoms with Crippen molar-refractivity contribution in [2.24, 2.45) is 5.92 Å². The van der Waals surface area contributed by atoms with Gasteiger partial charge in [-0.2, -0.15) is 0 Å². The highest BCUT2D eigenvalue weighted by Gasteiger charge is 2.28. The highest BCUT2D eigenvalue weighted by atomic mass is 16.5. The third kappa shape index (κ3) is 3.06. The smallest absolute Gasteiger partial charge is 0.258 e. The van der Waals surface area contributed by atoms with Crippen LogP contribution in [0.15, 0.2) is 53.3 Å². The van der Waals surface area contributed by atoms with Gasteiger partial charge in [0, 0.05) is 7.05 Å². The summed E-state index contributed by atoms with van der Waals surface area (Å²) < 4.78 is 5.71. The average molecular weight is 349 g/mol. The SMILES string of the molecule is CN(Cc1nc2ccccc2c(=O)[nH]1)C(=O)C1COc2ccccc2C1. The van der Waals surface area contributed by atoms with Gasteiger partial charge in [0.05, 0.1) is 23.4 Å². The van der Waals surface area contributed by atoms with Crippen molar-refractivity contribution >= 4 is 16.8 Å². The molecule has 0 saturated carbocycles. The molecule has 1 N–H and O–H groups in total. The van der Waals surface area contributed by atoms with E-state index in [0.717, 1.165) is 11.3 Å². The average Bonchev–Trinajstić information content (AvgIpc) is 2.67. The van der Waals surface area contributed by atoms with Gasteiger partial charge in [-0.3, -0.25) is 9.59 Å². The summed E-state index contributed by atoms with van der Waals surface area (Å²) in [6.07, 6.45) is 0.654. The van der Waals surface area contributed by atoms with Crippen molar-refractivity contribution in [3.8, 4) is 5.75 Å². The Bertz CT molecular complexity index is 1030. The number of nitrogens with zero attached hydrogens (tertiary/aromatic N) is 2. The van der Waals surface area contributed by atoms with Crippen LogP contribution in [0.3, 0.4) is 0 Å². The summed E-state index contributed by atoms with van der Waals surface area (Å²) in [5, 5.41) is 0.544. The fraction of sp³-hybridized carbons (Fsp3) is 0.250. The minimum atomic E-state index is -0.234. The number of para-hydroxylation sites is 2. The summed E-state index contributed by atoms with van der Waals surface area (Å²) in [6.45, 7) is 0.610. The maximum absolute atomic E-state index is 12.8. The van der Waals surface area contributed by atoms with E-state index in [-0.39, 0.29) is 23.9 Å². The lowest BCUT2D eigenvalue weighted by atomic mass is 9.95. The number of benzene rings is 2. The lowest BCUT2D eigenvalue weighted by Gasteiger charge is -2.28. The van der Waals surface area contributed by atoms with E-state index in [0.29, 0.717) is 29.8 Å². The van der Waals surface area contributed by atoms with Crippen LogP contribution in [-0.2, 0) is 17.8 Å². The quantitative estimate of drug-likeness (QED) is 0.786. The minimum absolute atomic E-state index is 0.0182. The van der Waals surface area contributed by atoms with E-state index in [2.05, 4.69) is 9.97 Å². The maximum atomic E-state index is 12.8. The van der Waals surface area contributed by atoms with Gasteiger partial charge in [0.15, 0.2) is 0 Å². The number of nitrogens with one attached hydrogen (secondary N) is 1. The van der Waals surface area contributed by atoms with E-state index in [1.165, 1.54) is 0 Å². The first-order valence-corrected chi connectivity index (χ1v) is 8.55. The third-order valence-electron chi connectivity index (χ3n) is 4.65. The van der Waals surface area contributed by atoms with Crippen LogP contribution < -0.4 is 10.3 Å². The van der Waals surface area contributed by atoms with Crippen LogP contribution >= 0.6 is 0 Å². The molecule has 0 fully saturated rings. The van der Waals surface area contributed by atoms with Crippen molar-refractivity contribution in [1.29, 1.82) is 0 Å². The molecule has 6 heteroatoms. The number of fused-ring (bicyclic) bond motifs is 2. The molecule has 1 aliphatic heterocycles. The van der Waals surface area contributed by atoms with E-state index in [4.69, 9.17) is 4.74 Å². The van der Waals surface area contributed by atoms with Crippen molar-refractivity contribution in [1.82, 2.24) is 14.9 Å². The number of hydrogen-bond acceptors (Lipinski definition) is 4. The van der Waals surface area contributed by atoms with Crippen molar-refractivity contribution < 1.29 is 9.53 Å². The normalized spacial score (nSPS) is 16.0. The van der Waals surface area contributed by atoms with Gasteiger partial charge in [0.1, 0.15) is 18.2 Å². The summed E-state index contributed by atoms with van der Waals surface area (Å²) >= 11 is 0. The Hall–Kier alpha value is -3.15. The van der Waals surface area contributed by atoms with Crippen LogP contribution in [0.4, 0.5) is 0 Å². The Morgan fingerprint density at radius 2 is 2.00 bits per heavy atom. The molecular weight excluding hydrogens is 330 g/mol. The summed E-state index contributed by atoms with van der Waals surface area (Å²) in [5.41, 5.74) is 1.48. The molecule has 0 aliphatic carbocycles. The molecule has 1 amide bonds. The van der Waals surface area contributed by atoms with Crippen molar-refractivity contribution in [3.05, 3.63) is 70.3 Å². The number of carbonyl (C=O) groups is 1. The summed E-state index contributed by atoms with van der Waals surface area (Å²) in [7, 11) is 1.72. The Morgan fingerprint density at radius 1 is 1.23 bits per heavy atom. The molecule has 0 spiro atoms. The standard InChI is InChI=1S/C20H19N3O3/c1-23(11-18-21-16-8-4-3-7-15(16)19(24)22-18)20(25)14-10-13-6-2-5-9-17(13)26-12-14/h2-9,14H,10-12H2,1H3,(H,21,22,24). The van der Waals surface area contributed by atoms with Gasteiger partial charge in [-0.15, -0.1) is 0 Å². The molecular formula is C20H19N3O3. The van der Waals surface area contributed by atoms with Gasteiger partial charge in [-0.05, 0) is 30.2 Å². The number of aromatic amines is 1. The molecule has 0 saturated heterocycles. The van der Waals surface area contributed by atoms with Crippen molar-refractivity contribution in [2.75, 3.05) is 13.7 Å². The van der Waals surface area contributed by atoms with Gasteiger partial charge in [-0.25, -0.2) is 4.98 Å². The van der Waals surface area contributed by atoms with Crippen molar-refractivity contribution in [2.45, 2.75) is 13.0 Å². The minimum Gasteiger partial charge on any atom is -0.492 e. The number of rotatable bonds is 3. The van der Waals surface area contributed by atoms with Crippen LogP contribution in [0, 0.1) is 5.92 Å². The number of hydrogen-bond donors (Lipinski definition) is 1. The molecule has 1 aromatic heterocycles. The number of aromatic nitrogens is 2. The molecule has 3 aromatic rings. The Labute approximate surface area is 150 Å². The molecule has 132 valence electrons. The van der Waals surface area contributed by atoms with Crippen LogP contribution in [0.25, 0.3) is 10.9 Å². The topological polar surface area (TPSA) is 75.3 Å². The van der Waals surface area contributed by atoms with Gasteiger partial charge < -0.3 is 14.6 Å². The van der Waals surface area contributed by atoms with Crippen LogP contribution in [0.5, 0.6) is 5.75 Å². The third-order valence-corrected chi connectivity index (χ3v) is 4.65. The lowest BCUT2D eigenvalue weighted by molar-refractivity contribution is -0.136. The number of amides is 1. The first kappa shape index (κ1) is 16.3. The lowest BCUT2D eigenvalue weighted by Crippen LogP contribution is -2.38. The molecule has 2 heterocycles. The fourth-order valence-corrected chi connectivity index (χ4v) is 3.31. The van der Waals surface area contributed by atoms with E-state index < -0.39 is 0 Å². The largest absolute Gasteiger partial charge is 0.492 e. The van der Waals surface area contributed by atoms with Crippen LogP contribution in [0.1, 0.15) is 11.4 Å². The predicted molar refractivity (Wildman–Crippen MR) is 98.0 cm³/mol. The summed E-state index contributed by atoms with van der Waals surface area (Å²) in [6, 6.07) is 14.9. The molecule has 1 unspecified atom stereocenters. The van der Waals surface area contributed by atoms with E-state index in [1.54, 1.807) is 30.1 Å². The highest BCUT2D eigenvalue weighted by Crippen LogP contribution is 2.27. The fourth-order valence-electron chi connectivity index (χ4n) is 3.31. The zero-order valence-electron chi connectivity index (χ0n) is 14.4. The van der Waals surface area contributed by atoms with Gasteiger partial charge in [0.25, 0.3) is 5.56 Å². The first-order chi connectivity index (χ1) is 12.6. The molecule has 4 rings (SSSR count). The Balaban J connectivity index is 1.51. The van der Waals surface area contributed by atoms with E-state index in [9.17, 15) is 9.59 Å². The summed E-state index contributed by atoms with van der Waals surface area (Å²) in [4.78, 5) is 33.8.